The molecule has 0 unspecified atom stereocenters. The van der Waals surface area contributed by atoms with Crippen LogP contribution in [0.5, 0.6) is 0 Å². The number of carbonyl (C=O) groups excluding carboxylic acids is 2. The number of Topliss-reactive ketones (excluding diaryl/α,β-unsaturated/α-hetero) is 1. The first-order chi connectivity index (χ1) is 12.5. The fourth-order valence-corrected chi connectivity index (χ4v) is 3.77. The molecule has 6 heteroatoms. The molecule has 0 bridgehead atoms. The normalized spacial score (nSPS) is 11.0. The van der Waals surface area contributed by atoms with Crippen molar-refractivity contribution >= 4 is 55.5 Å². The van der Waals surface area contributed by atoms with Crippen LogP contribution in [0.1, 0.15) is 27.0 Å². The summed E-state index contributed by atoms with van der Waals surface area (Å²) in [5, 5.41) is 4.59. The van der Waals surface area contributed by atoms with Crippen molar-refractivity contribution in [2.75, 3.05) is 11.1 Å². The fraction of sp³-hybridized carbons (Fsp3) is 0.0500. The number of nitrogens with two attached hydrogens (primary N) is 1. The predicted molar refractivity (Wildman–Crippen MR) is 106 cm³/mol. The van der Waals surface area contributed by atoms with Gasteiger partial charge in [0.15, 0.2) is 5.78 Å². The van der Waals surface area contributed by atoms with Crippen molar-refractivity contribution in [3.63, 3.8) is 0 Å². The molecule has 0 saturated carbocycles. The van der Waals surface area contributed by atoms with Gasteiger partial charge >= 0.3 is 0 Å². The zero-order valence-corrected chi connectivity index (χ0v) is 14.8. The number of thiophene rings is 1. The number of hydrogen-bond acceptors (Lipinski definition) is 5. The van der Waals surface area contributed by atoms with Gasteiger partial charge in [-0.1, -0.05) is 18.2 Å². The van der Waals surface area contributed by atoms with E-state index < -0.39 is 0 Å². The summed E-state index contributed by atoms with van der Waals surface area (Å²) in [6, 6.07) is 16.5. The van der Waals surface area contributed by atoms with Crippen LogP contribution in [-0.2, 0) is 0 Å². The fourth-order valence-electron chi connectivity index (χ4n) is 2.79. The van der Waals surface area contributed by atoms with Crippen molar-refractivity contribution in [2.24, 2.45) is 0 Å². The van der Waals surface area contributed by atoms with Gasteiger partial charge in [0, 0.05) is 22.0 Å². The molecule has 5 nitrogen and oxygen atoms in total. The number of nitrogens with one attached hydrogen (secondary N) is 1. The van der Waals surface area contributed by atoms with E-state index in [9.17, 15) is 9.59 Å². The van der Waals surface area contributed by atoms with Gasteiger partial charge < -0.3 is 11.1 Å². The van der Waals surface area contributed by atoms with Gasteiger partial charge in [-0.15, -0.1) is 11.3 Å². The number of rotatable bonds is 3. The predicted octanol–water partition coefficient (Wildman–Crippen LogP) is 4.49. The van der Waals surface area contributed by atoms with Crippen LogP contribution in [0.2, 0.25) is 0 Å². The van der Waals surface area contributed by atoms with Crippen molar-refractivity contribution in [3.05, 3.63) is 65.0 Å². The van der Waals surface area contributed by atoms with E-state index >= 15 is 0 Å². The molecule has 0 aliphatic heterocycles. The molecule has 0 aliphatic rings. The number of fused-ring (bicyclic) bond motifs is 2. The average Bonchev–Trinajstić information content (AvgIpc) is 2.96. The lowest BCUT2D eigenvalue weighted by Gasteiger charge is -2.05. The number of carbonyl (C=O) groups is 2. The minimum Gasteiger partial charge on any atom is -0.397 e. The Labute approximate surface area is 153 Å². The first kappa shape index (κ1) is 16.2. The molecule has 1 amide bonds. The van der Waals surface area contributed by atoms with E-state index in [2.05, 4.69) is 10.3 Å². The van der Waals surface area contributed by atoms with E-state index in [-0.39, 0.29) is 11.7 Å². The van der Waals surface area contributed by atoms with Crippen LogP contribution >= 0.6 is 11.3 Å². The Morgan fingerprint density at radius 3 is 2.54 bits per heavy atom. The number of para-hydroxylation sites is 1. The lowest BCUT2D eigenvalue weighted by Crippen LogP contribution is -2.12. The molecule has 3 N–H and O–H groups in total. The summed E-state index contributed by atoms with van der Waals surface area (Å²) in [7, 11) is 0. The summed E-state index contributed by atoms with van der Waals surface area (Å²) in [5.74, 6) is -0.306. The molecule has 26 heavy (non-hydrogen) atoms. The first-order valence-corrected chi connectivity index (χ1v) is 8.84. The van der Waals surface area contributed by atoms with Crippen molar-refractivity contribution in [1.29, 1.82) is 0 Å². The van der Waals surface area contributed by atoms with Gasteiger partial charge in [-0.3, -0.25) is 9.59 Å². The number of anilines is 2. The topological polar surface area (TPSA) is 85.1 Å². The van der Waals surface area contributed by atoms with E-state index in [1.54, 1.807) is 24.3 Å². The number of hydrogen-bond donors (Lipinski definition) is 2. The number of amides is 1. The Bertz CT molecular complexity index is 1160. The molecule has 0 saturated heterocycles. The second kappa shape index (κ2) is 6.24. The highest BCUT2D eigenvalue weighted by atomic mass is 32.1. The van der Waals surface area contributed by atoms with Crippen molar-refractivity contribution in [2.45, 2.75) is 6.92 Å². The van der Waals surface area contributed by atoms with E-state index in [1.165, 1.54) is 18.3 Å². The van der Waals surface area contributed by atoms with E-state index in [0.29, 0.717) is 21.8 Å². The van der Waals surface area contributed by atoms with Gasteiger partial charge in [-0.2, -0.15) is 0 Å². The van der Waals surface area contributed by atoms with E-state index in [1.807, 2.05) is 30.3 Å². The van der Waals surface area contributed by atoms with Crippen molar-refractivity contribution in [1.82, 2.24) is 4.98 Å². The van der Waals surface area contributed by atoms with Crippen LogP contribution in [-0.4, -0.2) is 16.7 Å². The van der Waals surface area contributed by atoms with Crippen molar-refractivity contribution < 1.29 is 9.59 Å². The molecule has 2 aromatic carbocycles. The third-order valence-electron chi connectivity index (χ3n) is 4.18. The SMILES string of the molecule is CC(=O)c1ccc(NC(=O)c2sc3nc4ccccc4cc3c2N)cc1. The van der Waals surface area contributed by atoms with Gasteiger partial charge in [-0.25, -0.2) is 4.98 Å². The van der Waals surface area contributed by atoms with Crippen molar-refractivity contribution in [3.8, 4) is 0 Å². The molecule has 4 rings (SSSR count). The summed E-state index contributed by atoms with van der Waals surface area (Å²) in [6.45, 7) is 1.50. The van der Waals surface area contributed by atoms with Crippen LogP contribution in [0.15, 0.2) is 54.6 Å². The Hall–Kier alpha value is -3.25. The molecule has 2 aromatic heterocycles. The molecule has 0 radical (unpaired) electrons. The zero-order valence-electron chi connectivity index (χ0n) is 13.9. The highest BCUT2D eigenvalue weighted by molar-refractivity contribution is 7.21. The third-order valence-corrected chi connectivity index (χ3v) is 5.29. The molecule has 0 spiro atoms. The molecule has 2 heterocycles. The maximum atomic E-state index is 12.6. The number of pyridine rings is 1. The third kappa shape index (κ3) is 2.80. The Morgan fingerprint density at radius 1 is 1.08 bits per heavy atom. The van der Waals surface area contributed by atoms with Crippen LogP contribution in [0.4, 0.5) is 11.4 Å². The molecule has 0 aliphatic carbocycles. The Balaban J connectivity index is 1.69. The summed E-state index contributed by atoms with van der Waals surface area (Å²) in [5.41, 5.74) is 8.72. The number of nitrogen functional groups attached to an aromatic ring is 1. The number of nitrogens with zero attached hydrogens (tertiary/aromatic N) is 1. The molecule has 128 valence electrons. The van der Waals surface area contributed by atoms with Crippen LogP contribution in [0, 0.1) is 0 Å². The summed E-state index contributed by atoms with van der Waals surface area (Å²) in [6.07, 6.45) is 0. The second-order valence-electron chi connectivity index (χ2n) is 5.97. The van der Waals surface area contributed by atoms with Crippen LogP contribution in [0.3, 0.4) is 0 Å². The number of ketones is 1. The summed E-state index contributed by atoms with van der Waals surface area (Å²) < 4.78 is 0. The zero-order chi connectivity index (χ0) is 18.3. The van der Waals surface area contributed by atoms with Gasteiger partial charge in [-0.05, 0) is 43.3 Å². The largest absolute Gasteiger partial charge is 0.397 e. The lowest BCUT2D eigenvalue weighted by atomic mass is 10.1. The molecule has 4 aromatic rings. The maximum absolute atomic E-state index is 12.6. The maximum Gasteiger partial charge on any atom is 0.267 e. The van der Waals surface area contributed by atoms with Gasteiger partial charge in [0.05, 0.1) is 11.2 Å². The van der Waals surface area contributed by atoms with Crippen LogP contribution in [0.25, 0.3) is 21.1 Å². The Kier molecular flexibility index (Phi) is 3.89. The van der Waals surface area contributed by atoms with Crippen LogP contribution < -0.4 is 11.1 Å². The molecule has 0 fully saturated rings. The van der Waals surface area contributed by atoms with Gasteiger partial charge in [0.2, 0.25) is 0 Å². The molecular weight excluding hydrogens is 346 g/mol. The van der Waals surface area contributed by atoms with Gasteiger partial charge in [0.25, 0.3) is 5.91 Å². The number of aromatic nitrogens is 1. The lowest BCUT2D eigenvalue weighted by molar-refractivity contribution is 0.101. The van der Waals surface area contributed by atoms with E-state index in [0.717, 1.165) is 21.1 Å². The highest BCUT2D eigenvalue weighted by Crippen LogP contribution is 2.34. The minimum atomic E-state index is -0.287. The second-order valence-corrected chi connectivity index (χ2v) is 6.97. The quantitative estimate of drug-likeness (QED) is 0.527. The minimum absolute atomic E-state index is 0.0187. The summed E-state index contributed by atoms with van der Waals surface area (Å²) >= 11 is 1.27. The van der Waals surface area contributed by atoms with Gasteiger partial charge in [0.1, 0.15) is 9.71 Å². The molecule has 0 atom stereocenters. The standard InChI is InChI=1S/C20H15N3O2S/c1-11(24)12-6-8-14(9-7-12)22-19(25)18-17(21)15-10-13-4-2-3-5-16(13)23-20(15)26-18/h2-10H,21H2,1H3,(H,22,25). The Morgan fingerprint density at radius 2 is 1.81 bits per heavy atom. The first-order valence-electron chi connectivity index (χ1n) is 8.03. The molecular formula is C20H15N3O2S. The average molecular weight is 361 g/mol. The number of benzene rings is 2. The smallest absolute Gasteiger partial charge is 0.267 e. The van der Waals surface area contributed by atoms with E-state index in [4.69, 9.17) is 5.73 Å². The highest BCUT2D eigenvalue weighted by Gasteiger charge is 2.18. The summed E-state index contributed by atoms with van der Waals surface area (Å²) in [4.78, 5) is 29.7. The monoisotopic (exact) mass is 361 g/mol.